The maximum absolute atomic E-state index is 12.2. The predicted octanol–water partition coefficient (Wildman–Crippen LogP) is 3.09. The third kappa shape index (κ3) is 9.03. The Labute approximate surface area is 181 Å². The van der Waals surface area contributed by atoms with Gasteiger partial charge in [0.25, 0.3) is 0 Å². The van der Waals surface area contributed by atoms with E-state index in [1.807, 2.05) is 58.9 Å². The second kappa shape index (κ2) is 11.2. The summed E-state index contributed by atoms with van der Waals surface area (Å²) >= 11 is 0. The molecule has 3 N–H and O–H groups in total. The number of carbonyl (C=O) groups is 1. The highest BCUT2D eigenvalue weighted by atomic mass is 16.5. The van der Waals surface area contributed by atoms with Crippen molar-refractivity contribution in [1.29, 1.82) is 0 Å². The van der Waals surface area contributed by atoms with Gasteiger partial charge in [-0.1, -0.05) is 6.92 Å². The Balaban J connectivity index is 2.00. The van der Waals surface area contributed by atoms with Crippen molar-refractivity contribution in [2.24, 2.45) is 10.9 Å². The number of nitrogens with zero attached hydrogens (tertiary/aromatic N) is 2. The summed E-state index contributed by atoms with van der Waals surface area (Å²) in [5, 5.41) is 9.69. The molecular formula is C23H39N5O2. The summed E-state index contributed by atoms with van der Waals surface area (Å²) in [4.78, 5) is 19.2. The van der Waals surface area contributed by atoms with Gasteiger partial charge in [-0.05, 0) is 84.3 Å². The molecule has 0 bridgehead atoms. The summed E-state index contributed by atoms with van der Waals surface area (Å²) in [6.45, 7) is 16.4. The van der Waals surface area contributed by atoms with E-state index in [0.29, 0.717) is 11.9 Å². The van der Waals surface area contributed by atoms with Gasteiger partial charge < -0.3 is 25.6 Å². The van der Waals surface area contributed by atoms with E-state index in [2.05, 4.69) is 32.8 Å². The van der Waals surface area contributed by atoms with E-state index in [4.69, 9.17) is 4.74 Å². The molecule has 7 nitrogen and oxygen atoms in total. The van der Waals surface area contributed by atoms with Gasteiger partial charge in [0.05, 0.1) is 6.10 Å². The number of ether oxygens (including phenoxy) is 1. The summed E-state index contributed by atoms with van der Waals surface area (Å²) in [7, 11) is 0. The van der Waals surface area contributed by atoms with Crippen molar-refractivity contribution in [3.8, 4) is 5.75 Å². The Morgan fingerprint density at radius 1 is 1.27 bits per heavy atom. The molecule has 1 aliphatic heterocycles. The average Bonchev–Trinajstić information content (AvgIpc) is 3.11. The van der Waals surface area contributed by atoms with Crippen LogP contribution < -0.4 is 20.7 Å². The van der Waals surface area contributed by atoms with E-state index in [9.17, 15) is 4.79 Å². The number of hydrogen-bond acceptors (Lipinski definition) is 4. The van der Waals surface area contributed by atoms with Gasteiger partial charge in [0, 0.05) is 24.3 Å². The summed E-state index contributed by atoms with van der Waals surface area (Å²) in [6, 6.07) is 7.78. The SMILES string of the molecule is CCN1CCC(CNC(=NCC(=O)NC(C)(C)C)Nc2ccc(OC(C)C)cc2)C1. The first kappa shape index (κ1) is 24.0. The molecule has 1 aliphatic rings. The average molecular weight is 418 g/mol. The second-order valence-corrected chi connectivity index (χ2v) is 9.21. The first-order valence-electron chi connectivity index (χ1n) is 11.0. The molecule has 0 spiro atoms. The smallest absolute Gasteiger partial charge is 0.242 e. The van der Waals surface area contributed by atoms with Crippen LogP contribution in [0.3, 0.4) is 0 Å². The monoisotopic (exact) mass is 417 g/mol. The lowest BCUT2D eigenvalue weighted by Crippen LogP contribution is -2.42. The predicted molar refractivity (Wildman–Crippen MR) is 124 cm³/mol. The normalized spacial score (nSPS) is 17.8. The zero-order chi connectivity index (χ0) is 22.1. The van der Waals surface area contributed by atoms with Crippen molar-refractivity contribution in [3.63, 3.8) is 0 Å². The number of carbonyl (C=O) groups excluding carboxylic acids is 1. The van der Waals surface area contributed by atoms with Crippen LogP contribution in [0.4, 0.5) is 5.69 Å². The molecule has 1 fully saturated rings. The van der Waals surface area contributed by atoms with Crippen LogP contribution in [0.15, 0.2) is 29.3 Å². The van der Waals surface area contributed by atoms with Gasteiger partial charge >= 0.3 is 0 Å². The highest BCUT2D eigenvalue weighted by molar-refractivity contribution is 5.95. The van der Waals surface area contributed by atoms with Crippen LogP contribution in [0.1, 0.15) is 48.0 Å². The summed E-state index contributed by atoms with van der Waals surface area (Å²) in [5.41, 5.74) is 0.628. The van der Waals surface area contributed by atoms with Crippen molar-refractivity contribution >= 4 is 17.6 Å². The molecule has 1 unspecified atom stereocenters. The molecule has 0 aliphatic carbocycles. The fourth-order valence-electron chi connectivity index (χ4n) is 3.38. The molecule has 1 atom stereocenters. The van der Waals surface area contributed by atoms with Gasteiger partial charge in [-0.3, -0.25) is 4.79 Å². The topological polar surface area (TPSA) is 78.0 Å². The molecule has 1 amide bonds. The van der Waals surface area contributed by atoms with E-state index in [-0.39, 0.29) is 24.1 Å². The standard InChI is InChI=1S/C23H39N5O2/c1-7-28-13-12-18(16-28)14-24-22(25-15-21(29)27-23(4,5)6)26-19-8-10-20(11-9-19)30-17(2)3/h8-11,17-18H,7,12-16H2,1-6H3,(H,27,29)(H2,24,25,26). The van der Waals surface area contributed by atoms with Crippen LogP contribution in [0.5, 0.6) is 5.75 Å². The fraction of sp³-hybridized carbons (Fsp3) is 0.652. The molecule has 0 saturated carbocycles. The van der Waals surface area contributed by atoms with Crippen LogP contribution in [0.25, 0.3) is 0 Å². The van der Waals surface area contributed by atoms with Gasteiger partial charge in [0.15, 0.2) is 5.96 Å². The number of aliphatic imine (C=N–C) groups is 1. The largest absolute Gasteiger partial charge is 0.491 e. The van der Waals surface area contributed by atoms with E-state index in [1.165, 1.54) is 6.42 Å². The molecule has 1 aromatic carbocycles. The van der Waals surface area contributed by atoms with Gasteiger partial charge in [0.2, 0.25) is 5.91 Å². The minimum absolute atomic E-state index is 0.0763. The Kier molecular flexibility index (Phi) is 8.96. The van der Waals surface area contributed by atoms with Gasteiger partial charge in [-0.2, -0.15) is 0 Å². The molecule has 2 rings (SSSR count). The lowest BCUT2D eigenvalue weighted by Gasteiger charge is -2.20. The second-order valence-electron chi connectivity index (χ2n) is 9.21. The number of rotatable bonds is 8. The Morgan fingerprint density at radius 3 is 2.53 bits per heavy atom. The van der Waals surface area contributed by atoms with E-state index in [0.717, 1.165) is 37.6 Å². The van der Waals surface area contributed by atoms with Gasteiger partial charge in [-0.25, -0.2) is 4.99 Å². The summed E-state index contributed by atoms with van der Waals surface area (Å²) < 4.78 is 5.70. The lowest BCUT2D eigenvalue weighted by molar-refractivity contribution is -0.121. The maximum atomic E-state index is 12.2. The number of benzene rings is 1. The Hall–Kier alpha value is -2.28. The van der Waals surface area contributed by atoms with Gasteiger partial charge in [-0.15, -0.1) is 0 Å². The van der Waals surface area contributed by atoms with E-state index < -0.39 is 0 Å². The van der Waals surface area contributed by atoms with Crippen LogP contribution in [0, 0.1) is 5.92 Å². The molecule has 1 saturated heterocycles. The summed E-state index contributed by atoms with van der Waals surface area (Å²) in [5.74, 6) is 1.94. The van der Waals surface area contributed by atoms with Crippen molar-refractivity contribution in [1.82, 2.24) is 15.5 Å². The van der Waals surface area contributed by atoms with Crippen molar-refractivity contribution in [3.05, 3.63) is 24.3 Å². The Morgan fingerprint density at radius 2 is 1.97 bits per heavy atom. The molecule has 168 valence electrons. The minimum Gasteiger partial charge on any atom is -0.491 e. The van der Waals surface area contributed by atoms with Crippen molar-refractivity contribution in [2.75, 3.05) is 38.0 Å². The third-order valence-corrected chi connectivity index (χ3v) is 4.76. The minimum atomic E-state index is -0.271. The number of guanidine groups is 1. The van der Waals surface area contributed by atoms with Crippen LogP contribution in [0.2, 0.25) is 0 Å². The number of hydrogen-bond donors (Lipinski definition) is 3. The number of anilines is 1. The quantitative estimate of drug-likeness (QED) is 0.448. The van der Waals surface area contributed by atoms with Crippen molar-refractivity contribution in [2.45, 2.75) is 59.6 Å². The molecular weight excluding hydrogens is 378 g/mol. The van der Waals surface area contributed by atoms with E-state index >= 15 is 0 Å². The number of likely N-dealkylation sites (tertiary alicyclic amines) is 1. The number of nitrogens with one attached hydrogen (secondary N) is 3. The van der Waals surface area contributed by atoms with Crippen LogP contribution in [-0.2, 0) is 4.79 Å². The molecule has 30 heavy (non-hydrogen) atoms. The molecule has 1 heterocycles. The zero-order valence-corrected chi connectivity index (χ0v) is 19.4. The van der Waals surface area contributed by atoms with Crippen LogP contribution >= 0.6 is 0 Å². The third-order valence-electron chi connectivity index (χ3n) is 4.76. The van der Waals surface area contributed by atoms with Crippen molar-refractivity contribution < 1.29 is 9.53 Å². The maximum Gasteiger partial charge on any atom is 0.242 e. The van der Waals surface area contributed by atoms with Gasteiger partial charge in [0.1, 0.15) is 12.3 Å². The molecule has 1 aromatic rings. The fourth-order valence-corrected chi connectivity index (χ4v) is 3.38. The Bertz CT molecular complexity index is 695. The summed E-state index contributed by atoms with van der Waals surface area (Å²) in [6.07, 6.45) is 1.32. The molecule has 7 heteroatoms. The highest BCUT2D eigenvalue weighted by Gasteiger charge is 2.21. The molecule has 0 radical (unpaired) electrons. The zero-order valence-electron chi connectivity index (χ0n) is 19.4. The lowest BCUT2D eigenvalue weighted by atomic mass is 10.1. The highest BCUT2D eigenvalue weighted by Crippen LogP contribution is 2.17. The number of amides is 1. The first-order chi connectivity index (χ1) is 14.1. The van der Waals surface area contributed by atoms with Crippen LogP contribution in [-0.4, -0.2) is 61.1 Å². The van der Waals surface area contributed by atoms with E-state index in [1.54, 1.807) is 0 Å². The molecule has 0 aromatic heterocycles. The first-order valence-corrected chi connectivity index (χ1v) is 11.0.